The van der Waals surface area contributed by atoms with Crippen molar-refractivity contribution in [2.24, 2.45) is 5.92 Å². The number of carbonyl (C=O) groups is 1. The zero-order chi connectivity index (χ0) is 18.6. The van der Waals surface area contributed by atoms with Gasteiger partial charge in [0.15, 0.2) is 11.5 Å². The highest BCUT2D eigenvalue weighted by atomic mass is 16.5. The number of carbonyl (C=O) groups excluding carboxylic acids is 1. The molecule has 0 fully saturated rings. The zero-order valence-corrected chi connectivity index (χ0v) is 14.7. The molecule has 3 aromatic rings. The van der Waals surface area contributed by atoms with Crippen LogP contribution in [0.4, 0.5) is 0 Å². The molecular weight excluding hydrogens is 348 g/mol. The SMILES string of the molecule is COc1cccc2c1OC[C@@H](C(=O)NCc1nc(-c3cnccn3)n[nH]1)C2. The number of hydrogen-bond acceptors (Lipinski definition) is 7. The lowest BCUT2D eigenvalue weighted by molar-refractivity contribution is -0.126. The van der Waals surface area contributed by atoms with E-state index in [0.29, 0.717) is 41.9 Å². The molecule has 0 saturated heterocycles. The van der Waals surface area contributed by atoms with Crippen LogP contribution in [0.3, 0.4) is 0 Å². The molecule has 1 aromatic carbocycles. The molecule has 9 nitrogen and oxygen atoms in total. The van der Waals surface area contributed by atoms with Gasteiger partial charge in [-0.2, -0.15) is 5.10 Å². The Balaban J connectivity index is 1.37. The summed E-state index contributed by atoms with van der Waals surface area (Å²) in [5.41, 5.74) is 1.53. The van der Waals surface area contributed by atoms with Crippen molar-refractivity contribution in [3.05, 3.63) is 48.2 Å². The highest BCUT2D eigenvalue weighted by molar-refractivity contribution is 5.79. The lowest BCUT2D eigenvalue weighted by Crippen LogP contribution is -2.37. The molecule has 2 N–H and O–H groups in total. The van der Waals surface area contributed by atoms with Gasteiger partial charge in [-0.25, -0.2) is 9.97 Å². The summed E-state index contributed by atoms with van der Waals surface area (Å²) in [6.45, 7) is 0.550. The minimum atomic E-state index is -0.271. The molecule has 0 unspecified atom stereocenters. The van der Waals surface area contributed by atoms with Crippen molar-refractivity contribution in [3.8, 4) is 23.0 Å². The molecule has 138 valence electrons. The molecule has 0 aliphatic carbocycles. The largest absolute Gasteiger partial charge is 0.493 e. The summed E-state index contributed by atoms with van der Waals surface area (Å²) >= 11 is 0. The molecule has 4 rings (SSSR count). The first-order valence-corrected chi connectivity index (χ1v) is 8.48. The van der Waals surface area contributed by atoms with E-state index in [1.807, 2.05) is 18.2 Å². The van der Waals surface area contributed by atoms with E-state index in [1.165, 1.54) is 0 Å². The Morgan fingerprint density at radius 1 is 1.41 bits per heavy atom. The maximum atomic E-state index is 12.5. The Morgan fingerprint density at radius 2 is 2.33 bits per heavy atom. The van der Waals surface area contributed by atoms with Crippen molar-refractivity contribution in [2.75, 3.05) is 13.7 Å². The Labute approximate surface area is 155 Å². The number of rotatable bonds is 5. The predicted octanol–water partition coefficient (Wildman–Crippen LogP) is 1.14. The lowest BCUT2D eigenvalue weighted by atomic mass is 9.95. The van der Waals surface area contributed by atoms with Crippen molar-refractivity contribution in [1.82, 2.24) is 30.5 Å². The highest BCUT2D eigenvalue weighted by Crippen LogP contribution is 2.36. The molecule has 0 radical (unpaired) electrons. The number of methoxy groups -OCH3 is 1. The summed E-state index contributed by atoms with van der Waals surface area (Å²) in [7, 11) is 1.60. The van der Waals surface area contributed by atoms with Gasteiger partial charge >= 0.3 is 0 Å². The van der Waals surface area contributed by atoms with Crippen LogP contribution >= 0.6 is 0 Å². The number of para-hydroxylation sites is 1. The zero-order valence-electron chi connectivity index (χ0n) is 14.7. The number of fused-ring (bicyclic) bond motifs is 1. The summed E-state index contributed by atoms with van der Waals surface area (Å²) in [5.74, 6) is 2.02. The van der Waals surface area contributed by atoms with Crippen molar-refractivity contribution in [2.45, 2.75) is 13.0 Å². The average molecular weight is 366 g/mol. The minimum Gasteiger partial charge on any atom is -0.493 e. The van der Waals surface area contributed by atoms with Gasteiger partial charge in [-0.3, -0.25) is 14.9 Å². The Bertz CT molecular complexity index is 943. The molecule has 0 saturated carbocycles. The van der Waals surface area contributed by atoms with Crippen LogP contribution in [-0.4, -0.2) is 44.8 Å². The van der Waals surface area contributed by atoms with E-state index in [0.717, 1.165) is 5.56 Å². The van der Waals surface area contributed by atoms with Crippen LogP contribution < -0.4 is 14.8 Å². The quantitative estimate of drug-likeness (QED) is 0.696. The van der Waals surface area contributed by atoms with Crippen molar-refractivity contribution in [3.63, 3.8) is 0 Å². The first kappa shape index (κ1) is 17.0. The third-order valence-corrected chi connectivity index (χ3v) is 4.30. The second-order valence-corrected chi connectivity index (χ2v) is 6.07. The number of benzene rings is 1. The van der Waals surface area contributed by atoms with Crippen LogP contribution in [0.2, 0.25) is 0 Å². The Hall–Kier alpha value is -3.49. The number of aromatic nitrogens is 5. The molecule has 3 heterocycles. The van der Waals surface area contributed by atoms with Gasteiger partial charge in [-0.05, 0) is 18.1 Å². The van der Waals surface area contributed by atoms with Crippen LogP contribution in [0.1, 0.15) is 11.4 Å². The lowest BCUT2D eigenvalue weighted by Gasteiger charge is -2.25. The molecule has 1 aliphatic heterocycles. The minimum absolute atomic E-state index is 0.0964. The highest BCUT2D eigenvalue weighted by Gasteiger charge is 2.27. The number of H-pyrrole nitrogens is 1. The number of hydrogen-bond donors (Lipinski definition) is 2. The van der Waals surface area contributed by atoms with Crippen molar-refractivity contribution in [1.29, 1.82) is 0 Å². The molecule has 1 amide bonds. The van der Waals surface area contributed by atoms with Crippen LogP contribution in [0.5, 0.6) is 11.5 Å². The molecule has 9 heteroatoms. The summed E-state index contributed by atoms with van der Waals surface area (Å²) in [4.78, 5) is 25.0. The van der Waals surface area contributed by atoms with Crippen LogP contribution in [0.25, 0.3) is 11.5 Å². The number of amides is 1. The van der Waals surface area contributed by atoms with Gasteiger partial charge in [0.25, 0.3) is 0 Å². The number of nitrogens with zero attached hydrogens (tertiary/aromatic N) is 4. The monoisotopic (exact) mass is 366 g/mol. The predicted molar refractivity (Wildman–Crippen MR) is 94.9 cm³/mol. The summed E-state index contributed by atoms with van der Waals surface area (Å²) in [5, 5.41) is 9.77. The third-order valence-electron chi connectivity index (χ3n) is 4.30. The van der Waals surface area contributed by atoms with Crippen LogP contribution in [-0.2, 0) is 17.8 Å². The maximum Gasteiger partial charge on any atom is 0.227 e. The first-order valence-electron chi connectivity index (χ1n) is 8.48. The van der Waals surface area contributed by atoms with Crippen LogP contribution in [0.15, 0.2) is 36.8 Å². The molecule has 0 spiro atoms. The van der Waals surface area contributed by atoms with E-state index in [4.69, 9.17) is 9.47 Å². The van der Waals surface area contributed by atoms with E-state index in [2.05, 4.69) is 30.5 Å². The van der Waals surface area contributed by atoms with E-state index in [1.54, 1.807) is 25.7 Å². The van der Waals surface area contributed by atoms with Crippen molar-refractivity contribution < 1.29 is 14.3 Å². The van der Waals surface area contributed by atoms with Gasteiger partial charge in [0.2, 0.25) is 11.7 Å². The van der Waals surface area contributed by atoms with Gasteiger partial charge in [0, 0.05) is 12.4 Å². The smallest absolute Gasteiger partial charge is 0.227 e. The Kier molecular flexibility index (Phi) is 4.65. The van der Waals surface area contributed by atoms with Crippen LogP contribution in [0, 0.1) is 5.92 Å². The summed E-state index contributed by atoms with van der Waals surface area (Å²) < 4.78 is 11.1. The number of ether oxygens (including phenoxy) is 2. The van der Waals surface area contributed by atoms with Gasteiger partial charge in [0.05, 0.1) is 25.8 Å². The molecular formula is C18H18N6O3. The fourth-order valence-corrected chi connectivity index (χ4v) is 2.94. The Morgan fingerprint density at radius 3 is 3.15 bits per heavy atom. The van der Waals surface area contributed by atoms with Gasteiger partial charge in [-0.1, -0.05) is 12.1 Å². The van der Waals surface area contributed by atoms with Crippen molar-refractivity contribution >= 4 is 5.91 Å². The second kappa shape index (κ2) is 7.40. The number of aromatic amines is 1. The van der Waals surface area contributed by atoms with E-state index in [-0.39, 0.29) is 18.4 Å². The van der Waals surface area contributed by atoms with Gasteiger partial charge in [-0.15, -0.1) is 0 Å². The molecule has 1 aliphatic rings. The van der Waals surface area contributed by atoms with E-state index in [9.17, 15) is 4.79 Å². The van der Waals surface area contributed by atoms with E-state index >= 15 is 0 Å². The first-order chi connectivity index (χ1) is 13.2. The summed E-state index contributed by atoms with van der Waals surface area (Å²) in [6.07, 6.45) is 5.33. The topological polar surface area (TPSA) is 115 Å². The van der Waals surface area contributed by atoms with Gasteiger partial charge in [0.1, 0.15) is 18.1 Å². The number of nitrogens with one attached hydrogen (secondary N) is 2. The van der Waals surface area contributed by atoms with Gasteiger partial charge < -0.3 is 14.8 Å². The average Bonchev–Trinajstić information content (AvgIpc) is 3.21. The fraction of sp³-hybridized carbons (Fsp3) is 0.278. The second-order valence-electron chi connectivity index (χ2n) is 6.07. The normalized spacial score (nSPS) is 15.5. The standard InChI is InChI=1S/C18H18N6O3/c1-26-14-4-2-3-11-7-12(10-27-16(11)14)18(25)21-9-15-22-17(24-23-15)13-8-19-5-6-20-13/h2-6,8,12H,7,9-10H2,1H3,(H,21,25)(H,22,23,24)/t12-/m0/s1. The van der Waals surface area contributed by atoms with E-state index < -0.39 is 0 Å². The molecule has 1 atom stereocenters. The fourth-order valence-electron chi connectivity index (χ4n) is 2.94. The molecule has 2 aromatic heterocycles. The maximum absolute atomic E-state index is 12.5. The molecule has 27 heavy (non-hydrogen) atoms. The third kappa shape index (κ3) is 3.57. The molecule has 0 bridgehead atoms. The summed E-state index contributed by atoms with van der Waals surface area (Å²) in [6, 6.07) is 5.68.